The molecule has 0 amide bonds. The Morgan fingerprint density at radius 2 is 1.90 bits per heavy atom. The second-order valence-electron chi connectivity index (χ2n) is 4.44. The number of carbonyl (C=O) groups is 1. The van der Waals surface area contributed by atoms with E-state index in [9.17, 15) is 9.18 Å². The molecule has 0 bridgehead atoms. The van der Waals surface area contributed by atoms with Gasteiger partial charge in [-0.2, -0.15) is 0 Å². The fraction of sp³-hybridized carbons (Fsp3) is 0.188. The van der Waals surface area contributed by atoms with Gasteiger partial charge in [0.1, 0.15) is 23.9 Å². The summed E-state index contributed by atoms with van der Waals surface area (Å²) in [5.74, 6) is 0.215. The molecule has 2 aromatic rings. The molecular weight excluding hydrogens is 295 g/mol. The van der Waals surface area contributed by atoms with Gasteiger partial charge in [0.2, 0.25) is 0 Å². The molecule has 0 radical (unpaired) electrons. The molecule has 5 heteroatoms. The van der Waals surface area contributed by atoms with Gasteiger partial charge in [-0.25, -0.2) is 4.39 Å². The largest absolute Gasteiger partial charge is 0.496 e. The minimum atomic E-state index is -0.479. The van der Waals surface area contributed by atoms with E-state index in [2.05, 4.69) is 0 Å². The topological polar surface area (TPSA) is 35.5 Å². The maximum atomic E-state index is 13.2. The van der Waals surface area contributed by atoms with Gasteiger partial charge < -0.3 is 9.47 Å². The predicted octanol–water partition coefficient (Wildman–Crippen LogP) is 4.27. The van der Waals surface area contributed by atoms with E-state index in [-0.39, 0.29) is 18.0 Å². The van der Waals surface area contributed by atoms with Gasteiger partial charge in [-0.3, -0.25) is 4.79 Å². The maximum absolute atomic E-state index is 13.2. The van der Waals surface area contributed by atoms with Crippen molar-refractivity contribution >= 4 is 17.4 Å². The third kappa shape index (κ3) is 3.73. The lowest BCUT2D eigenvalue weighted by Gasteiger charge is -2.12. The monoisotopic (exact) mass is 308 g/mol. The number of ketones is 1. The zero-order chi connectivity index (χ0) is 15.4. The van der Waals surface area contributed by atoms with Gasteiger partial charge >= 0.3 is 0 Å². The molecule has 0 heterocycles. The van der Waals surface area contributed by atoms with E-state index in [1.807, 2.05) is 0 Å². The van der Waals surface area contributed by atoms with E-state index in [1.165, 1.54) is 19.1 Å². The molecular formula is C16H14ClFO3. The number of carbonyl (C=O) groups excluding carboxylic acids is 1. The van der Waals surface area contributed by atoms with E-state index >= 15 is 0 Å². The Kier molecular flexibility index (Phi) is 4.81. The minimum Gasteiger partial charge on any atom is -0.496 e. The van der Waals surface area contributed by atoms with Gasteiger partial charge in [0.05, 0.1) is 12.7 Å². The molecule has 0 atom stereocenters. The van der Waals surface area contributed by atoms with Crippen molar-refractivity contribution in [2.24, 2.45) is 0 Å². The van der Waals surface area contributed by atoms with Gasteiger partial charge in [-0.05, 0) is 43.3 Å². The molecule has 2 rings (SSSR count). The Labute approximate surface area is 127 Å². The molecule has 0 aliphatic heterocycles. The zero-order valence-corrected chi connectivity index (χ0v) is 12.4. The molecule has 3 nitrogen and oxygen atoms in total. The SMILES string of the molecule is COc1ccc(Cl)cc1COc1ccc(F)cc1C(C)=O. The molecule has 0 saturated carbocycles. The Morgan fingerprint density at radius 3 is 2.57 bits per heavy atom. The smallest absolute Gasteiger partial charge is 0.163 e. The first-order chi connectivity index (χ1) is 10.0. The van der Waals surface area contributed by atoms with Crippen LogP contribution in [0.1, 0.15) is 22.8 Å². The van der Waals surface area contributed by atoms with Crippen molar-refractivity contribution in [3.05, 3.63) is 58.4 Å². The molecule has 0 aliphatic carbocycles. The van der Waals surface area contributed by atoms with Crippen molar-refractivity contribution in [3.63, 3.8) is 0 Å². The summed E-state index contributed by atoms with van der Waals surface area (Å²) in [5.41, 5.74) is 0.944. The number of benzene rings is 2. The highest BCUT2D eigenvalue weighted by molar-refractivity contribution is 6.30. The van der Waals surface area contributed by atoms with Crippen LogP contribution in [-0.2, 0) is 6.61 Å². The van der Waals surface area contributed by atoms with E-state index in [1.54, 1.807) is 25.3 Å². The number of rotatable bonds is 5. The van der Waals surface area contributed by atoms with Gasteiger partial charge in [0, 0.05) is 10.6 Å². The van der Waals surface area contributed by atoms with Crippen LogP contribution in [0.25, 0.3) is 0 Å². The standard InChI is InChI=1S/C16H14ClFO3/c1-10(19)14-8-13(18)4-6-16(14)21-9-11-7-12(17)3-5-15(11)20-2/h3-8H,9H2,1-2H3. The highest BCUT2D eigenvalue weighted by Crippen LogP contribution is 2.26. The van der Waals surface area contributed by atoms with Gasteiger partial charge in [0.15, 0.2) is 5.78 Å². The van der Waals surface area contributed by atoms with Gasteiger partial charge in [-0.15, -0.1) is 0 Å². The molecule has 21 heavy (non-hydrogen) atoms. The zero-order valence-electron chi connectivity index (χ0n) is 11.7. The Balaban J connectivity index is 2.24. The summed E-state index contributed by atoms with van der Waals surface area (Å²) in [7, 11) is 1.55. The van der Waals surface area contributed by atoms with Crippen molar-refractivity contribution in [2.75, 3.05) is 7.11 Å². The van der Waals surface area contributed by atoms with E-state index < -0.39 is 5.82 Å². The van der Waals surface area contributed by atoms with Crippen LogP contribution in [0.4, 0.5) is 4.39 Å². The summed E-state index contributed by atoms with van der Waals surface area (Å²) in [6.45, 7) is 1.53. The summed E-state index contributed by atoms with van der Waals surface area (Å²) < 4.78 is 24.0. The Morgan fingerprint density at radius 1 is 1.19 bits per heavy atom. The fourth-order valence-electron chi connectivity index (χ4n) is 1.92. The van der Waals surface area contributed by atoms with Crippen LogP contribution in [0.3, 0.4) is 0 Å². The van der Waals surface area contributed by atoms with Gasteiger partial charge in [0.25, 0.3) is 0 Å². The lowest BCUT2D eigenvalue weighted by atomic mass is 10.1. The van der Waals surface area contributed by atoms with Gasteiger partial charge in [-0.1, -0.05) is 11.6 Å². The first-order valence-electron chi connectivity index (χ1n) is 6.27. The van der Waals surface area contributed by atoms with Crippen molar-refractivity contribution in [1.29, 1.82) is 0 Å². The van der Waals surface area contributed by atoms with Crippen LogP contribution >= 0.6 is 11.6 Å². The quantitative estimate of drug-likeness (QED) is 0.774. The summed E-state index contributed by atoms with van der Waals surface area (Å²) >= 11 is 5.94. The number of methoxy groups -OCH3 is 1. The predicted molar refractivity (Wildman–Crippen MR) is 78.7 cm³/mol. The lowest BCUT2D eigenvalue weighted by Crippen LogP contribution is -2.03. The molecule has 0 aliphatic rings. The van der Waals surface area contributed by atoms with Crippen LogP contribution in [-0.4, -0.2) is 12.9 Å². The van der Waals surface area contributed by atoms with E-state index in [4.69, 9.17) is 21.1 Å². The van der Waals surface area contributed by atoms with E-state index in [0.29, 0.717) is 16.5 Å². The highest BCUT2D eigenvalue weighted by atomic mass is 35.5. The highest BCUT2D eigenvalue weighted by Gasteiger charge is 2.11. The number of hydrogen-bond donors (Lipinski definition) is 0. The third-order valence-electron chi connectivity index (χ3n) is 2.95. The Bertz CT molecular complexity index is 671. The van der Waals surface area contributed by atoms with E-state index in [0.717, 1.165) is 11.6 Å². The van der Waals surface area contributed by atoms with Crippen molar-refractivity contribution in [1.82, 2.24) is 0 Å². The molecule has 0 unspecified atom stereocenters. The molecule has 0 aromatic heterocycles. The average molecular weight is 309 g/mol. The summed E-state index contributed by atoms with van der Waals surface area (Å²) in [5, 5.41) is 0.556. The molecule has 0 fully saturated rings. The number of hydrogen-bond acceptors (Lipinski definition) is 3. The lowest BCUT2D eigenvalue weighted by molar-refractivity contribution is 0.101. The summed E-state index contributed by atoms with van der Waals surface area (Å²) in [4.78, 5) is 11.5. The van der Waals surface area contributed by atoms with Crippen molar-refractivity contribution < 1.29 is 18.7 Å². The number of halogens is 2. The van der Waals surface area contributed by atoms with Crippen LogP contribution in [0.5, 0.6) is 11.5 Å². The average Bonchev–Trinajstić information content (AvgIpc) is 2.46. The molecule has 2 aromatic carbocycles. The number of ether oxygens (including phenoxy) is 2. The fourth-order valence-corrected chi connectivity index (χ4v) is 2.11. The van der Waals surface area contributed by atoms with Crippen LogP contribution in [0, 0.1) is 5.82 Å². The first-order valence-corrected chi connectivity index (χ1v) is 6.64. The molecule has 0 spiro atoms. The van der Waals surface area contributed by atoms with Crippen molar-refractivity contribution in [2.45, 2.75) is 13.5 Å². The number of Topliss-reactive ketones (excluding diaryl/α,β-unsaturated/α-hetero) is 1. The molecule has 0 saturated heterocycles. The second kappa shape index (κ2) is 6.59. The van der Waals surface area contributed by atoms with Crippen molar-refractivity contribution in [3.8, 4) is 11.5 Å². The minimum absolute atomic E-state index is 0.162. The molecule has 0 N–H and O–H groups in total. The molecule has 110 valence electrons. The maximum Gasteiger partial charge on any atom is 0.163 e. The third-order valence-corrected chi connectivity index (χ3v) is 3.18. The first kappa shape index (κ1) is 15.3. The van der Waals surface area contributed by atoms with Crippen LogP contribution in [0.15, 0.2) is 36.4 Å². The normalized spacial score (nSPS) is 10.3. The second-order valence-corrected chi connectivity index (χ2v) is 4.88. The Hall–Kier alpha value is -2.07. The summed E-state index contributed by atoms with van der Waals surface area (Å²) in [6.07, 6.45) is 0. The summed E-state index contributed by atoms with van der Waals surface area (Å²) in [6, 6.07) is 9.00. The van der Waals surface area contributed by atoms with Crippen LogP contribution < -0.4 is 9.47 Å². The van der Waals surface area contributed by atoms with Crippen LogP contribution in [0.2, 0.25) is 5.02 Å².